The number of nitrogens with zero attached hydrogens (tertiary/aromatic N) is 5. The second-order valence-electron chi connectivity index (χ2n) is 19.4. The van der Waals surface area contributed by atoms with E-state index in [-0.39, 0.29) is 20.1 Å². The standard InChI is InChI=1S/C32H31N4O.C24H26NOSi.Ir/c1-17(2)22-10-8-11-23(18(3)4)29(22)36-28-16-33-19(5)15-27(28)35-32(36)25-13-9-12-24-26-14-20(6)34-21(7)30(26)37-31(24)25;1-16(2)13-17-14-21(25-15-23(17)27(3,4)5)20-11-8-10-19-18-9-6-7-12-22(18)26-24(19)20;/h8-12,14-18H,1-7H3;6-10,12,14-16H,13H2,1-5H3;/q2*-1;. The fourth-order valence-electron chi connectivity index (χ4n) is 9.26. The minimum atomic E-state index is -1.44. The van der Waals surface area contributed by atoms with Crippen molar-refractivity contribution in [2.75, 3.05) is 0 Å². The van der Waals surface area contributed by atoms with Crippen LogP contribution in [0.5, 0.6) is 0 Å². The van der Waals surface area contributed by atoms with E-state index in [1.807, 2.05) is 51.2 Å². The van der Waals surface area contributed by atoms with Crippen molar-refractivity contribution in [1.82, 2.24) is 24.5 Å². The SMILES string of the molecule is CC(C)Cc1cc(-c2[c-]ccc3c2oc2ccccc23)ncc1[Si](C)(C)C.Cc1cc2nc(-c3[c-]ccc4c3oc3c(C)nc(C)cc34)n(-c3c(C(C)C)cccc3C(C)C)c2cn1.[Ir]. The number of hydrogen-bond donors (Lipinski definition) is 0. The summed E-state index contributed by atoms with van der Waals surface area (Å²) in [4.78, 5) is 19.3. The minimum Gasteiger partial charge on any atom is -0.501 e. The Morgan fingerprint density at radius 3 is 1.98 bits per heavy atom. The number of hydrogen-bond acceptors (Lipinski definition) is 6. The van der Waals surface area contributed by atoms with Crippen LogP contribution in [0, 0.1) is 38.8 Å². The molecule has 1 radical (unpaired) electrons. The molecule has 6 heterocycles. The third kappa shape index (κ3) is 8.51. The van der Waals surface area contributed by atoms with Crippen LogP contribution in [0.25, 0.3) is 83.2 Å². The van der Waals surface area contributed by atoms with Gasteiger partial charge in [0.1, 0.15) is 11.2 Å². The van der Waals surface area contributed by atoms with Gasteiger partial charge in [-0.25, -0.2) is 0 Å². The number of rotatable bonds is 8. The van der Waals surface area contributed by atoms with Gasteiger partial charge < -0.3 is 18.4 Å². The van der Waals surface area contributed by atoms with Gasteiger partial charge >= 0.3 is 0 Å². The van der Waals surface area contributed by atoms with Gasteiger partial charge in [0.2, 0.25) is 0 Å². The first-order chi connectivity index (χ1) is 30.6. The molecule has 10 aromatic rings. The summed E-state index contributed by atoms with van der Waals surface area (Å²) in [7, 11) is -1.44. The molecule has 0 aliphatic rings. The van der Waals surface area contributed by atoms with E-state index < -0.39 is 8.07 Å². The molecular weight excluding hydrogens is 995 g/mol. The maximum atomic E-state index is 6.53. The summed E-state index contributed by atoms with van der Waals surface area (Å²) in [5.74, 6) is 2.09. The normalized spacial score (nSPS) is 12.0. The van der Waals surface area contributed by atoms with Crippen LogP contribution in [-0.2, 0) is 26.5 Å². The number of furan rings is 2. The fraction of sp³-hybridized carbons (Fsp3) is 0.286. The summed E-state index contributed by atoms with van der Waals surface area (Å²) in [5.41, 5.74) is 16.0. The van der Waals surface area contributed by atoms with E-state index in [4.69, 9.17) is 18.8 Å². The zero-order chi connectivity index (χ0) is 45.2. The van der Waals surface area contributed by atoms with E-state index >= 15 is 0 Å². The number of pyridine rings is 3. The predicted molar refractivity (Wildman–Crippen MR) is 268 cm³/mol. The maximum absolute atomic E-state index is 6.53. The van der Waals surface area contributed by atoms with E-state index in [0.29, 0.717) is 17.8 Å². The number of aryl methyl sites for hydroxylation is 3. The van der Waals surface area contributed by atoms with Crippen molar-refractivity contribution in [3.63, 3.8) is 0 Å². The van der Waals surface area contributed by atoms with Crippen LogP contribution < -0.4 is 5.19 Å². The van der Waals surface area contributed by atoms with Crippen molar-refractivity contribution >= 4 is 68.2 Å². The van der Waals surface area contributed by atoms with Crippen molar-refractivity contribution in [2.45, 2.75) is 100 Å². The van der Waals surface area contributed by atoms with Crippen LogP contribution in [0.3, 0.4) is 0 Å². The first-order valence-corrected chi connectivity index (χ1v) is 26.1. The molecule has 0 fully saturated rings. The molecule has 65 heavy (non-hydrogen) atoms. The Bertz CT molecular complexity index is 3360. The zero-order valence-electron chi connectivity index (χ0n) is 39.6. The molecule has 6 aromatic heterocycles. The van der Waals surface area contributed by atoms with Crippen LogP contribution >= 0.6 is 0 Å². The first kappa shape index (κ1) is 45.8. The average molecular weight is 1050 g/mol. The fourth-order valence-corrected chi connectivity index (χ4v) is 10.8. The second-order valence-corrected chi connectivity index (χ2v) is 24.4. The average Bonchev–Trinajstić information content (AvgIpc) is 3.94. The summed E-state index contributed by atoms with van der Waals surface area (Å²) in [5, 5.41) is 5.84. The zero-order valence-corrected chi connectivity index (χ0v) is 43.0. The Morgan fingerprint density at radius 1 is 0.646 bits per heavy atom. The minimum absolute atomic E-state index is 0. The van der Waals surface area contributed by atoms with Gasteiger partial charge in [0.25, 0.3) is 0 Å². The molecule has 10 rings (SSSR count). The quantitative estimate of drug-likeness (QED) is 0.111. The summed E-state index contributed by atoms with van der Waals surface area (Å²) in [6.45, 7) is 26.7. The maximum Gasteiger partial charge on any atom is 0.142 e. The number of para-hydroxylation sites is 2. The first-order valence-electron chi connectivity index (χ1n) is 22.6. The third-order valence-corrected chi connectivity index (χ3v) is 14.3. The van der Waals surface area contributed by atoms with Gasteiger partial charge in [-0.3, -0.25) is 15.0 Å². The van der Waals surface area contributed by atoms with Crippen LogP contribution in [0.1, 0.15) is 87.2 Å². The van der Waals surface area contributed by atoms with Gasteiger partial charge in [-0.15, -0.1) is 36.4 Å². The van der Waals surface area contributed by atoms with Gasteiger partial charge in [-0.05, 0) is 85.2 Å². The number of fused-ring (bicyclic) bond motifs is 7. The molecule has 9 heteroatoms. The molecule has 0 aliphatic carbocycles. The van der Waals surface area contributed by atoms with Crippen molar-refractivity contribution in [3.05, 3.63) is 143 Å². The number of imidazole rings is 1. The predicted octanol–water partition coefficient (Wildman–Crippen LogP) is 14.5. The van der Waals surface area contributed by atoms with Crippen molar-refractivity contribution in [1.29, 1.82) is 0 Å². The van der Waals surface area contributed by atoms with E-state index in [9.17, 15) is 0 Å². The second kappa shape index (κ2) is 17.9. The Hall–Kier alpha value is -5.73. The topological polar surface area (TPSA) is 82.8 Å². The van der Waals surface area contributed by atoms with Crippen LogP contribution in [0.2, 0.25) is 19.6 Å². The number of aromatic nitrogens is 5. The van der Waals surface area contributed by atoms with E-state index in [2.05, 4.69) is 155 Å². The smallest absolute Gasteiger partial charge is 0.142 e. The van der Waals surface area contributed by atoms with E-state index in [1.165, 1.54) is 27.6 Å². The Kier molecular flexibility index (Phi) is 12.6. The van der Waals surface area contributed by atoms with Crippen molar-refractivity contribution in [3.8, 4) is 28.3 Å². The molecule has 0 unspecified atom stereocenters. The van der Waals surface area contributed by atoms with Gasteiger partial charge in [0, 0.05) is 54.1 Å². The van der Waals surface area contributed by atoms with Gasteiger partial charge in [-0.1, -0.05) is 131 Å². The summed E-state index contributed by atoms with van der Waals surface area (Å²) in [6, 6.07) is 36.2. The summed E-state index contributed by atoms with van der Waals surface area (Å²) >= 11 is 0. The monoisotopic (exact) mass is 1050 g/mol. The Morgan fingerprint density at radius 2 is 1.31 bits per heavy atom. The van der Waals surface area contributed by atoms with Crippen molar-refractivity contribution < 1.29 is 28.9 Å². The van der Waals surface area contributed by atoms with Gasteiger partial charge in [0.15, 0.2) is 0 Å². The molecule has 333 valence electrons. The van der Waals surface area contributed by atoms with Gasteiger partial charge in [0.05, 0.1) is 48.0 Å². The molecule has 0 amide bonds. The largest absolute Gasteiger partial charge is 0.501 e. The van der Waals surface area contributed by atoms with Crippen LogP contribution in [0.15, 0.2) is 106 Å². The van der Waals surface area contributed by atoms with Crippen LogP contribution in [-0.4, -0.2) is 32.6 Å². The summed E-state index contributed by atoms with van der Waals surface area (Å²) in [6.07, 6.45) is 5.12. The summed E-state index contributed by atoms with van der Waals surface area (Å²) < 4.78 is 15.0. The van der Waals surface area contributed by atoms with Gasteiger partial charge in [-0.2, -0.15) is 0 Å². The van der Waals surface area contributed by atoms with Crippen LogP contribution in [0.4, 0.5) is 0 Å². The van der Waals surface area contributed by atoms with E-state index in [1.54, 1.807) is 0 Å². The van der Waals surface area contributed by atoms with E-state index in [0.717, 1.165) is 101 Å². The molecule has 0 aliphatic heterocycles. The molecule has 4 aromatic carbocycles. The molecule has 0 saturated carbocycles. The number of benzene rings is 4. The molecule has 0 spiro atoms. The Labute approximate surface area is 397 Å². The Balaban J connectivity index is 0.000000183. The third-order valence-electron chi connectivity index (χ3n) is 12.2. The molecular formula is C56H57IrN5O2Si-2. The molecule has 7 nitrogen and oxygen atoms in total. The molecule has 0 N–H and O–H groups in total. The molecule has 0 atom stereocenters. The molecule has 0 saturated heterocycles. The van der Waals surface area contributed by atoms with Crippen molar-refractivity contribution in [2.24, 2.45) is 5.92 Å². The molecule has 0 bridgehead atoms.